The van der Waals surface area contributed by atoms with Crippen LogP contribution in [-0.2, 0) is 20.8 Å². The van der Waals surface area contributed by atoms with Gasteiger partial charge in [-0.15, -0.1) is 0 Å². The fourth-order valence-electron chi connectivity index (χ4n) is 4.90. The van der Waals surface area contributed by atoms with Crippen LogP contribution in [0.15, 0.2) is 12.3 Å². The molecule has 2 aliphatic rings. The third-order valence-electron chi connectivity index (χ3n) is 6.70. The molecule has 1 saturated carbocycles. The second-order valence-electron chi connectivity index (χ2n) is 9.88. The highest BCUT2D eigenvalue weighted by Crippen LogP contribution is 2.35. The van der Waals surface area contributed by atoms with Gasteiger partial charge in [0.2, 0.25) is 11.8 Å². The molecule has 3 rings (SSSR count). The Hall–Kier alpha value is -2.97. The van der Waals surface area contributed by atoms with E-state index in [1.165, 1.54) is 12.6 Å². The molecule has 2 fully saturated rings. The van der Waals surface area contributed by atoms with Gasteiger partial charge in [0.1, 0.15) is 11.8 Å². The number of carbonyl (C=O) groups is 3. The van der Waals surface area contributed by atoms with Gasteiger partial charge in [0.05, 0.1) is 18.4 Å². The molecule has 0 bridgehead atoms. The lowest BCUT2D eigenvalue weighted by Gasteiger charge is -2.36. The van der Waals surface area contributed by atoms with Crippen LogP contribution in [0.2, 0.25) is 0 Å². The molecule has 180 valence electrons. The molecule has 9 heteroatoms. The number of carbonyl (C=O) groups excluding carboxylic acids is 3. The predicted octanol–water partition coefficient (Wildman–Crippen LogP) is 1.99. The Labute approximate surface area is 195 Å². The van der Waals surface area contributed by atoms with E-state index in [9.17, 15) is 14.4 Å². The van der Waals surface area contributed by atoms with E-state index in [4.69, 9.17) is 11.1 Å². The number of rotatable bonds is 8. The Bertz CT molecular complexity index is 929. The Kier molecular flexibility index (Phi) is 7.71. The number of primary amides is 1. The van der Waals surface area contributed by atoms with Crippen LogP contribution in [0.25, 0.3) is 0 Å². The second-order valence-corrected chi connectivity index (χ2v) is 9.88. The number of amides is 3. The van der Waals surface area contributed by atoms with Gasteiger partial charge in [0.25, 0.3) is 5.91 Å². The summed E-state index contributed by atoms with van der Waals surface area (Å²) in [4.78, 5) is 43.4. The molecule has 2 heterocycles. The summed E-state index contributed by atoms with van der Waals surface area (Å²) in [6.45, 7) is 6.86. The largest absolute Gasteiger partial charge is 0.374 e. The van der Waals surface area contributed by atoms with Gasteiger partial charge in [0.15, 0.2) is 0 Å². The highest BCUT2D eigenvalue weighted by Gasteiger charge is 2.36. The number of hydrogen-bond acceptors (Lipinski definition) is 6. The van der Waals surface area contributed by atoms with E-state index in [1.807, 2.05) is 6.92 Å². The lowest BCUT2D eigenvalue weighted by atomic mass is 9.75. The fraction of sp³-hybridized carbons (Fsp3) is 0.625. The van der Waals surface area contributed by atoms with E-state index in [1.54, 1.807) is 11.0 Å². The SMILES string of the molecule is CCc1cc(C(=N)C(N)=O)c(NCC(=O)N2CCC[C@H]2C(=O)NC2CCCC(C)(C)C2)cn1. The number of likely N-dealkylation sites (tertiary alicyclic amines) is 1. The Morgan fingerprint density at radius 3 is 2.70 bits per heavy atom. The molecule has 5 N–H and O–H groups in total. The molecule has 3 amide bonds. The fourth-order valence-corrected chi connectivity index (χ4v) is 4.90. The zero-order valence-corrected chi connectivity index (χ0v) is 19.9. The molecular weight excluding hydrogens is 420 g/mol. The van der Waals surface area contributed by atoms with Crippen molar-refractivity contribution in [2.24, 2.45) is 11.1 Å². The minimum absolute atomic E-state index is 0.0631. The Balaban J connectivity index is 1.63. The van der Waals surface area contributed by atoms with Gasteiger partial charge in [-0.3, -0.25) is 24.8 Å². The Morgan fingerprint density at radius 1 is 1.27 bits per heavy atom. The summed E-state index contributed by atoms with van der Waals surface area (Å²) in [6, 6.07) is 1.33. The number of nitrogens with two attached hydrogens (primary N) is 1. The van der Waals surface area contributed by atoms with Crippen molar-refractivity contribution < 1.29 is 14.4 Å². The molecule has 0 radical (unpaired) electrons. The first-order chi connectivity index (χ1) is 15.6. The Morgan fingerprint density at radius 2 is 2.03 bits per heavy atom. The monoisotopic (exact) mass is 456 g/mol. The molecule has 33 heavy (non-hydrogen) atoms. The minimum atomic E-state index is -0.847. The van der Waals surface area contributed by atoms with E-state index in [0.29, 0.717) is 30.6 Å². The number of nitrogens with zero attached hydrogens (tertiary/aromatic N) is 2. The highest BCUT2D eigenvalue weighted by atomic mass is 16.2. The predicted molar refractivity (Wildman–Crippen MR) is 127 cm³/mol. The number of hydrogen-bond donors (Lipinski definition) is 4. The summed E-state index contributed by atoms with van der Waals surface area (Å²) in [5.74, 6) is -1.12. The van der Waals surface area contributed by atoms with Crippen LogP contribution in [0.1, 0.15) is 70.6 Å². The van der Waals surface area contributed by atoms with E-state index < -0.39 is 11.9 Å². The first kappa shape index (κ1) is 24.7. The summed E-state index contributed by atoms with van der Waals surface area (Å²) in [7, 11) is 0. The molecule has 1 aliphatic heterocycles. The highest BCUT2D eigenvalue weighted by molar-refractivity contribution is 6.44. The molecule has 1 aliphatic carbocycles. The maximum atomic E-state index is 13.0. The normalized spacial score (nSPS) is 22.0. The van der Waals surface area contributed by atoms with Crippen molar-refractivity contribution in [1.29, 1.82) is 5.41 Å². The molecule has 2 atom stereocenters. The maximum absolute atomic E-state index is 13.0. The standard InChI is InChI=1S/C24H36N6O3/c1-4-15-11-17(21(25)22(26)32)18(13-27-15)28-14-20(31)30-10-6-8-19(30)23(33)29-16-7-5-9-24(2,3)12-16/h11,13,16,19,25,28H,4-10,12,14H2,1-3H3,(H2,26,32)(H,29,33)/t16?,19-/m0/s1. The number of aryl methyl sites for hydroxylation is 1. The van der Waals surface area contributed by atoms with Gasteiger partial charge < -0.3 is 21.3 Å². The van der Waals surface area contributed by atoms with Crippen molar-refractivity contribution in [2.75, 3.05) is 18.4 Å². The van der Waals surface area contributed by atoms with E-state index in [0.717, 1.165) is 31.4 Å². The zero-order valence-electron chi connectivity index (χ0n) is 19.9. The third kappa shape index (κ3) is 6.09. The molecule has 1 aromatic heterocycles. The summed E-state index contributed by atoms with van der Waals surface area (Å²) < 4.78 is 0. The second kappa shape index (κ2) is 10.3. The zero-order chi connectivity index (χ0) is 24.2. The van der Waals surface area contributed by atoms with E-state index in [-0.39, 0.29) is 35.5 Å². The lowest BCUT2D eigenvalue weighted by molar-refractivity contribution is -0.137. The van der Waals surface area contributed by atoms with Crippen molar-refractivity contribution in [1.82, 2.24) is 15.2 Å². The van der Waals surface area contributed by atoms with Gasteiger partial charge in [-0.1, -0.05) is 27.2 Å². The van der Waals surface area contributed by atoms with Crippen LogP contribution in [0, 0.1) is 10.8 Å². The quantitative estimate of drug-likeness (QED) is 0.443. The lowest BCUT2D eigenvalue weighted by Crippen LogP contribution is -2.51. The minimum Gasteiger partial charge on any atom is -0.374 e. The number of aromatic nitrogens is 1. The third-order valence-corrected chi connectivity index (χ3v) is 6.70. The van der Waals surface area contributed by atoms with Gasteiger partial charge in [-0.05, 0) is 50.0 Å². The van der Waals surface area contributed by atoms with Crippen molar-refractivity contribution in [3.63, 3.8) is 0 Å². The summed E-state index contributed by atoms with van der Waals surface area (Å²) >= 11 is 0. The topological polar surface area (TPSA) is 141 Å². The molecule has 0 spiro atoms. The number of anilines is 1. The molecule has 1 saturated heterocycles. The van der Waals surface area contributed by atoms with E-state index >= 15 is 0 Å². The van der Waals surface area contributed by atoms with Crippen LogP contribution >= 0.6 is 0 Å². The van der Waals surface area contributed by atoms with Crippen molar-refractivity contribution in [3.05, 3.63) is 23.5 Å². The van der Waals surface area contributed by atoms with Crippen LogP contribution < -0.4 is 16.4 Å². The summed E-state index contributed by atoms with van der Waals surface area (Å²) in [5.41, 5.74) is 6.62. The van der Waals surface area contributed by atoms with Crippen LogP contribution in [0.3, 0.4) is 0 Å². The van der Waals surface area contributed by atoms with E-state index in [2.05, 4.69) is 29.5 Å². The molecule has 9 nitrogen and oxygen atoms in total. The van der Waals surface area contributed by atoms with Gasteiger partial charge in [-0.2, -0.15) is 0 Å². The summed E-state index contributed by atoms with van der Waals surface area (Å²) in [5, 5.41) is 14.2. The van der Waals surface area contributed by atoms with Crippen LogP contribution in [-0.4, -0.2) is 58.5 Å². The smallest absolute Gasteiger partial charge is 0.267 e. The first-order valence-corrected chi connectivity index (χ1v) is 11.8. The summed E-state index contributed by atoms with van der Waals surface area (Å²) in [6.07, 6.45) is 7.79. The molecular formula is C24H36N6O3. The maximum Gasteiger partial charge on any atom is 0.267 e. The molecule has 1 aromatic rings. The van der Waals surface area contributed by atoms with Crippen molar-refractivity contribution >= 4 is 29.1 Å². The number of nitrogens with one attached hydrogen (secondary N) is 3. The van der Waals surface area contributed by atoms with Crippen LogP contribution in [0.4, 0.5) is 5.69 Å². The average Bonchev–Trinajstić information content (AvgIpc) is 3.26. The van der Waals surface area contributed by atoms with Crippen LogP contribution in [0.5, 0.6) is 0 Å². The molecule has 0 aromatic carbocycles. The molecule has 1 unspecified atom stereocenters. The average molecular weight is 457 g/mol. The van der Waals surface area contributed by atoms with Crippen molar-refractivity contribution in [2.45, 2.75) is 77.8 Å². The number of pyridine rings is 1. The van der Waals surface area contributed by atoms with Crippen molar-refractivity contribution in [3.8, 4) is 0 Å². The first-order valence-electron chi connectivity index (χ1n) is 11.8. The van der Waals surface area contributed by atoms with Gasteiger partial charge in [0, 0.05) is 23.8 Å². The van der Waals surface area contributed by atoms with Gasteiger partial charge >= 0.3 is 0 Å². The van der Waals surface area contributed by atoms with Gasteiger partial charge in [-0.25, -0.2) is 0 Å².